The van der Waals surface area contributed by atoms with Crippen molar-refractivity contribution in [1.29, 1.82) is 0 Å². The van der Waals surface area contributed by atoms with Crippen LogP contribution in [0.5, 0.6) is 11.6 Å². The average Bonchev–Trinajstić information content (AvgIpc) is 2.70. The largest absolute Gasteiger partial charge is 0.421 e. The van der Waals surface area contributed by atoms with E-state index in [1.54, 1.807) is 60.7 Å². The fourth-order valence-corrected chi connectivity index (χ4v) is 2.20. The van der Waals surface area contributed by atoms with Gasteiger partial charge in [0.1, 0.15) is 5.75 Å². The van der Waals surface area contributed by atoms with Crippen molar-refractivity contribution in [3.05, 3.63) is 89.6 Å². The van der Waals surface area contributed by atoms with E-state index in [1.165, 1.54) is 12.3 Å². The molecule has 0 radical (unpaired) electrons. The van der Waals surface area contributed by atoms with Crippen LogP contribution >= 0.6 is 0 Å². The molecule has 0 atom stereocenters. The van der Waals surface area contributed by atoms with Crippen LogP contribution in [0.25, 0.3) is 0 Å². The number of nitrogens with zero attached hydrogens (tertiary/aromatic N) is 1. The zero-order valence-corrected chi connectivity index (χ0v) is 13.7. The molecule has 0 bridgehead atoms. The van der Waals surface area contributed by atoms with E-state index in [9.17, 15) is 14.7 Å². The molecule has 0 saturated heterocycles. The van der Waals surface area contributed by atoms with Crippen LogP contribution in [0.1, 0.15) is 26.3 Å². The van der Waals surface area contributed by atoms with E-state index in [1.807, 2.05) is 0 Å². The molecule has 6 nitrogen and oxygen atoms in total. The molecular weight excluding hydrogens is 334 g/mol. The Kier molecular flexibility index (Phi) is 5.36. The highest BCUT2D eigenvalue weighted by Crippen LogP contribution is 2.23. The molecule has 0 unspecified atom stereocenters. The standard InChI is InChI=1S/C20H15NO5/c22-13-16-11-17(25-19(23)14-7-3-1-4-8-14)12-21-18(16)26-20(24)15-9-5-2-6-10-15/h1-12,22H,13H2. The molecule has 0 spiro atoms. The Morgan fingerprint density at radius 1 is 0.846 bits per heavy atom. The predicted octanol–water partition coefficient (Wildman–Crippen LogP) is 3.01. The van der Waals surface area contributed by atoms with E-state index < -0.39 is 18.5 Å². The van der Waals surface area contributed by atoms with Gasteiger partial charge in [-0.3, -0.25) is 0 Å². The van der Waals surface area contributed by atoms with Crippen LogP contribution in [0.4, 0.5) is 0 Å². The summed E-state index contributed by atoms with van der Waals surface area (Å²) in [5.74, 6) is -1.05. The van der Waals surface area contributed by atoms with Crippen molar-refractivity contribution in [3.63, 3.8) is 0 Å². The third-order valence-electron chi connectivity index (χ3n) is 3.49. The van der Waals surface area contributed by atoms with E-state index in [-0.39, 0.29) is 17.2 Å². The van der Waals surface area contributed by atoms with Gasteiger partial charge in [0.05, 0.1) is 23.9 Å². The summed E-state index contributed by atoms with van der Waals surface area (Å²) in [4.78, 5) is 28.1. The molecule has 3 aromatic rings. The average molecular weight is 349 g/mol. The molecule has 0 saturated carbocycles. The minimum Gasteiger partial charge on any atom is -0.421 e. The van der Waals surface area contributed by atoms with Gasteiger partial charge in [-0.25, -0.2) is 14.6 Å². The number of aliphatic hydroxyl groups excluding tert-OH is 1. The SMILES string of the molecule is O=C(Oc1cnc(OC(=O)c2ccccc2)c(CO)c1)c1ccccc1. The molecule has 3 rings (SSSR count). The highest BCUT2D eigenvalue weighted by molar-refractivity contribution is 5.91. The van der Waals surface area contributed by atoms with Crippen molar-refractivity contribution in [3.8, 4) is 11.6 Å². The van der Waals surface area contributed by atoms with E-state index in [0.29, 0.717) is 11.1 Å². The molecule has 1 heterocycles. The maximum Gasteiger partial charge on any atom is 0.344 e. The summed E-state index contributed by atoms with van der Waals surface area (Å²) in [5.41, 5.74) is 0.975. The smallest absolute Gasteiger partial charge is 0.344 e. The van der Waals surface area contributed by atoms with Crippen molar-refractivity contribution < 1.29 is 24.2 Å². The van der Waals surface area contributed by atoms with Crippen molar-refractivity contribution in [2.24, 2.45) is 0 Å². The number of carbonyl (C=O) groups excluding carboxylic acids is 2. The van der Waals surface area contributed by atoms with Crippen LogP contribution in [0, 0.1) is 0 Å². The van der Waals surface area contributed by atoms with Gasteiger partial charge in [0.25, 0.3) is 0 Å². The van der Waals surface area contributed by atoms with Gasteiger partial charge < -0.3 is 14.6 Å². The number of pyridine rings is 1. The second-order valence-electron chi connectivity index (χ2n) is 5.30. The molecule has 0 fully saturated rings. The van der Waals surface area contributed by atoms with Crippen LogP contribution in [0.3, 0.4) is 0 Å². The quantitative estimate of drug-likeness (QED) is 0.713. The van der Waals surface area contributed by atoms with Crippen LogP contribution in [-0.2, 0) is 6.61 Å². The first-order valence-corrected chi connectivity index (χ1v) is 7.81. The molecular formula is C20H15NO5. The molecule has 0 aliphatic rings. The molecule has 1 aromatic heterocycles. The molecule has 0 aliphatic heterocycles. The van der Waals surface area contributed by atoms with Gasteiger partial charge in [-0.1, -0.05) is 36.4 Å². The number of hydrogen-bond acceptors (Lipinski definition) is 6. The number of aliphatic hydroxyl groups is 1. The first kappa shape index (κ1) is 17.3. The van der Waals surface area contributed by atoms with E-state index in [4.69, 9.17) is 9.47 Å². The van der Waals surface area contributed by atoms with Gasteiger partial charge in [0, 0.05) is 5.56 Å². The maximum absolute atomic E-state index is 12.1. The number of ether oxygens (including phenoxy) is 2. The van der Waals surface area contributed by atoms with Crippen LogP contribution in [0.15, 0.2) is 72.9 Å². The fourth-order valence-electron chi connectivity index (χ4n) is 2.20. The molecule has 2 aromatic carbocycles. The number of esters is 2. The van der Waals surface area contributed by atoms with Gasteiger partial charge in [0.15, 0.2) is 0 Å². The molecule has 6 heteroatoms. The lowest BCUT2D eigenvalue weighted by Gasteiger charge is -2.10. The number of rotatable bonds is 5. The van der Waals surface area contributed by atoms with Crippen LogP contribution in [-0.4, -0.2) is 22.0 Å². The highest BCUT2D eigenvalue weighted by Gasteiger charge is 2.15. The summed E-state index contributed by atoms with van der Waals surface area (Å²) < 4.78 is 10.5. The Labute approximate surface area is 149 Å². The second-order valence-corrected chi connectivity index (χ2v) is 5.30. The van der Waals surface area contributed by atoms with Gasteiger partial charge in [0.2, 0.25) is 5.88 Å². The first-order valence-electron chi connectivity index (χ1n) is 7.81. The van der Waals surface area contributed by atoms with Crippen LogP contribution in [0.2, 0.25) is 0 Å². The number of benzene rings is 2. The molecule has 26 heavy (non-hydrogen) atoms. The van der Waals surface area contributed by atoms with E-state index in [0.717, 1.165) is 0 Å². The zero-order valence-electron chi connectivity index (χ0n) is 13.7. The summed E-state index contributed by atoms with van der Waals surface area (Å²) in [6, 6.07) is 18.3. The summed E-state index contributed by atoms with van der Waals surface area (Å²) in [6.07, 6.45) is 1.26. The third-order valence-corrected chi connectivity index (χ3v) is 3.49. The summed E-state index contributed by atoms with van der Waals surface area (Å²) in [6.45, 7) is -0.429. The Hall–Kier alpha value is -3.51. The normalized spacial score (nSPS) is 10.2. The van der Waals surface area contributed by atoms with Crippen LogP contribution < -0.4 is 9.47 Å². The fraction of sp³-hybridized carbons (Fsp3) is 0.0500. The lowest BCUT2D eigenvalue weighted by Crippen LogP contribution is -2.12. The lowest BCUT2D eigenvalue weighted by atomic mass is 10.2. The zero-order chi connectivity index (χ0) is 18.4. The summed E-state index contributed by atoms with van der Waals surface area (Å²) in [7, 11) is 0. The van der Waals surface area contributed by atoms with Crippen molar-refractivity contribution >= 4 is 11.9 Å². The minimum absolute atomic E-state index is 0.0409. The monoisotopic (exact) mass is 349 g/mol. The topological polar surface area (TPSA) is 85.7 Å². The summed E-state index contributed by atoms with van der Waals surface area (Å²) >= 11 is 0. The maximum atomic E-state index is 12.1. The Bertz CT molecular complexity index is 910. The predicted molar refractivity (Wildman–Crippen MR) is 93.0 cm³/mol. The molecule has 0 amide bonds. The minimum atomic E-state index is -0.596. The van der Waals surface area contributed by atoms with Gasteiger partial charge in [-0.15, -0.1) is 0 Å². The molecule has 130 valence electrons. The number of aromatic nitrogens is 1. The van der Waals surface area contributed by atoms with Crippen molar-refractivity contribution in [1.82, 2.24) is 4.98 Å². The summed E-state index contributed by atoms with van der Waals surface area (Å²) in [5, 5.41) is 9.51. The van der Waals surface area contributed by atoms with Gasteiger partial charge in [-0.05, 0) is 30.3 Å². The first-order chi connectivity index (χ1) is 12.7. The lowest BCUT2D eigenvalue weighted by molar-refractivity contribution is 0.0708. The van der Waals surface area contributed by atoms with E-state index in [2.05, 4.69) is 4.98 Å². The Morgan fingerprint density at radius 3 is 1.92 bits per heavy atom. The van der Waals surface area contributed by atoms with Gasteiger partial charge in [-0.2, -0.15) is 0 Å². The Balaban J connectivity index is 1.75. The van der Waals surface area contributed by atoms with E-state index >= 15 is 0 Å². The second kappa shape index (κ2) is 8.04. The highest BCUT2D eigenvalue weighted by atomic mass is 16.5. The molecule has 0 aliphatic carbocycles. The Morgan fingerprint density at radius 2 is 1.38 bits per heavy atom. The third kappa shape index (κ3) is 4.12. The van der Waals surface area contributed by atoms with Crippen molar-refractivity contribution in [2.45, 2.75) is 6.61 Å². The van der Waals surface area contributed by atoms with Crippen molar-refractivity contribution in [2.75, 3.05) is 0 Å². The van der Waals surface area contributed by atoms with Gasteiger partial charge >= 0.3 is 11.9 Å². The number of hydrogen-bond donors (Lipinski definition) is 1. The number of carbonyl (C=O) groups is 2. The molecule has 1 N–H and O–H groups in total.